The van der Waals surface area contributed by atoms with Gasteiger partial charge in [-0.1, -0.05) is 58.0 Å². The molecule has 0 unspecified atom stereocenters. The lowest BCUT2D eigenvalue weighted by Crippen LogP contribution is -2.01. The molecule has 0 bridgehead atoms. The lowest BCUT2D eigenvalue weighted by Gasteiger charge is -2.07. The molecule has 0 fully saturated rings. The molecule has 0 saturated carbocycles. The van der Waals surface area contributed by atoms with Gasteiger partial charge < -0.3 is 0 Å². The van der Waals surface area contributed by atoms with Crippen molar-refractivity contribution in [2.45, 2.75) is 32.9 Å². The maximum atomic E-state index is 4.77. The first-order valence-corrected chi connectivity index (χ1v) is 8.92. The van der Waals surface area contributed by atoms with Crippen molar-refractivity contribution in [3.8, 4) is 17.2 Å². The van der Waals surface area contributed by atoms with Crippen molar-refractivity contribution < 1.29 is 9.22 Å². The third-order valence-electron chi connectivity index (χ3n) is 2.71. The highest BCUT2D eigenvalue weighted by Crippen LogP contribution is 2.21. The Hall–Kier alpha value is -2.22. The van der Waals surface area contributed by atoms with Crippen LogP contribution in [0, 0.1) is 0 Å². The summed E-state index contributed by atoms with van der Waals surface area (Å²) >= 11 is 0.955. The van der Waals surface area contributed by atoms with E-state index in [0.717, 1.165) is 23.4 Å². The van der Waals surface area contributed by atoms with Crippen LogP contribution in [0.4, 0.5) is 0 Å². The van der Waals surface area contributed by atoms with Crippen LogP contribution in [0.3, 0.4) is 0 Å². The molecule has 0 radical (unpaired) electrons. The maximum Gasteiger partial charge on any atom is 0.220 e. The highest BCUT2D eigenvalue weighted by Gasteiger charge is 2.09. The van der Waals surface area contributed by atoms with Crippen LogP contribution in [0.25, 0.3) is 17.2 Å². The summed E-state index contributed by atoms with van der Waals surface area (Å²) in [6.45, 7) is 8.00. The van der Waals surface area contributed by atoms with Gasteiger partial charge in [0.1, 0.15) is 23.7 Å². The highest BCUT2D eigenvalue weighted by atomic mass is 32.2. The average Bonchev–Trinajstić information content (AvgIpc) is 3.20. The summed E-state index contributed by atoms with van der Waals surface area (Å²) in [5.74, 6) is 1.53. The molecule has 0 aliphatic rings. The molecule has 0 atom stereocenters. The second kappa shape index (κ2) is 12.2. The van der Waals surface area contributed by atoms with E-state index < -0.39 is 0 Å². The summed E-state index contributed by atoms with van der Waals surface area (Å²) in [5.41, 5.74) is 1.02. The van der Waals surface area contributed by atoms with Crippen molar-refractivity contribution in [3.63, 3.8) is 0 Å². The zero-order chi connectivity index (χ0) is 18.5. The van der Waals surface area contributed by atoms with Gasteiger partial charge in [0.25, 0.3) is 0 Å². The number of imidazole rings is 1. The van der Waals surface area contributed by atoms with Crippen LogP contribution in [0.1, 0.15) is 27.7 Å². The van der Waals surface area contributed by atoms with Crippen LogP contribution in [0.5, 0.6) is 0 Å². The summed E-state index contributed by atoms with van der Waals surface area (Å²) in [7, 11) is 1.43. The van der Waals surface area contributed by atoms with E-state index in [-0.39, 0.29) is 0 Å². The van der Waals surface area contributed by atoms with Gasteiger partial charge in [-0.25, -0.2) is 19.8 Å². The molecule has 0 aliphatic heterocycles. The van der Waals surface area contributed by atoms with E-state index in [9.17, 15) is 0 Å². The van der Waals surface area contributed by atoms with E-state index in [1.165, 1.54) is 7.11 Å². The Morgan fingerprint density at radius 1 is 0.920 bits per heavy atom. The first kappa shape index (κ1) is 20.8. The predicted molar refractivity (Wildman–Crippen MR) is 101 cm³/mol. The molecule has 0 spiro atoms. The fourth-order valence-electron chi connectivity index (χ4n) is 1.86. The number of nitrogens with zero attached hydrogens (tertiary/aromatic N) is 4. The lowest BCUT2D eigenvalue weighted by atomic mass is 10.2. The molecule has 3 aromatic rings. The lowest BCUT2D eigenvalue weighted by molar-refractivity contribution is -0.160. The third-order valence-corrected chi connectivity index (χ3v) is 3.26. The molecule has 3 rings (SSSR count). The van der Waals surface area contributed by atoms with E-state index in [4.69, 9.17) is 4.33 Å². The van der Waals surface area contributed by atoms with E-state index in [1.807, 2.05) is 74.9 Å². The minimum absolute atomic E-state index is 0.460. The van der Waals surface area contributed by atoms with E-state index in [1.54, 1.807) is 12.4 Å². The van der Waals surface area contributed by atoms with Gasteiger partial charge in [-0.2, -0.15) is 4.33 Å². The van der Waals surface area contributed by atoms with E-state index in [2.05, 4.69) is 19.8 Å². The maximum absolute atomic E-state index is 4.77. The van der Waals surface area contributed by atoms with Gasteiger partial charge in [-0.05, 0) is 6.07 Å². The van der Waals surface area contributed by atoms with Gasteiger partial charge in [0.05, 0.1) is 7.11 Å². The average molecular weight is 360 g/mol. The van der Waals surface area contributed by atoms with Gasteiger partial charge in [-0.15, -0.1) is 0 Å². The molecule has 0 amide bonds. The minimum atomic E-state index is 0.460. The molecule has 0 N–H and O–H groups in total. The van der Waals surface area contributed by atoms with Crippen LogP contribution in [-0.2, 0) is 9.22 Å². The van der Waals surface area contributed by atoms with Gasteiger partial charge in [0, 0.05) is 24.2 Å². The Balaban J connectivity index is 0.000000730. The van der Waals surface area contributed by atoms with E-state index in [0.29, 0.717) is 11.0 Å². The van der Waals surface area contributed by atoms with Crippen LogP contribution in [0.15, 0.2) is 60.1 Å². The molecule has 2 aromatic heterocycles. The Morgan fingerprint density at radius 3 is 2.32 bits per heavy atom. The van der Waals surface area contributed by atoms with Crippen molar-refractivity contribution in [2.75, 3.05) is 7.11 Å². The molecule has 6 nitrogen and oxygen atoms in total. The molecule has 0 aliphatic carbocycles. The second-order valence-corrected chi connectivity index (χ2v) is 4.67. The Kier molecular flexibility index (Phi) is 10.2. The first-order valence-electron chi connectivity index (χ1n) is 8.18. The normalized spacial score (nSPS) is 9.48. The van der Waals surface area contributed by atoms with Gasteiger partial charge in [-0.3, -0.25) is 4.57 Å². The van der Waals surface area contributed by atoms with Crippen molar-refractivity contribution in [2.24, 2.45) is 0 Å². The molecule has 2 heterocycles. The SMILES string of the molecule is CC.CC.COOSc1nccc(-n2ccnc2-c2ccccc2)n1. The number of hydrogen-bond donors (Lipinski definition) is 0. The molecule has 0 saturated heterocycles. The van der Waals surface area contributed by atoms with Crippen LogP contribution >= 0.6 is 12.0 Å². The smallest absolute Gasteiger partial charge is 0.220 e. The zero-order valence-corrected chi connectivity index (χ0v) is 16.0. The molecular formula is C18H24N4O2S. The molecular weight excluding hydrogens is 336 g/mol. The number of rotatable bonds is 5. The monoisotopic (exact) mass is 360 g/mol. The standard InChI is InChI=1S/C14H12N4O2S.2C2H6/c1-19-20-21-14-16-8-7-12(17-14)18-10-9-15-13(18)11-5-3-2-4-6-11;2*1-2/h2-10H,1H3;2*1-2H3. The van der Waals surface area contributed by atoms with Crippen LogP contribution in [-0.4, -0.2) is 26.6 Å². The highest BCUT2D eigenvalue weighted by molar-refractivity contribution is 7.94. The number of aromatic nitrogens is 4. The van der Waals surface area contributed by atoms with Crippen molar-refractivity contribution >= 4 is 12.0 Å². The topological polar surface area (TPSA) is 62.1 Å². The van der Waals surface area contributed by atoms with Gasteiger partial charge >= 0.3 is 0 Å². The summed E-state index contributed by atoms with van der Waals surface area (Å²) < 4.78 is 6.67. The van der Waals surface area contributed by atoms with Crippen molar-refractivity contribution in [3.05, 3.63) is 55.0 Å². The Morgan fingerprint density at radius 2 is 1.64 bits per heavy atom. The van der Waals surface area contributed by atoms with Crippen molar-refractivity contribution in [1.29, 1.82) is 0 Å². The first-order chi connectivity index (χ1) is 12.4. The molecule has 134 valence electrons. The predicted octanol–water partition coefficient (Wildman–Crippen LogP) is 4.97. The Bertz CT molecular complexity index is 720. The van der Waals surface area contributed by atoms with Crippen LogP contribution < -0.4 is 0 Å². The summed E-state index contributed by atoms with van der Waals surface area (Å²) in [4.78, 5) is 17.4. The van der Waals surface area contributed by atoms with Gasteiger partial charge in [0.2, 0.25) is 5.16 Å². The molecule has 1 aromatic carbocycles. The zero-order valence-electron chi connectivity index (χ0n) is 15.2. The summed E-state index contributed by atoms with van der Waals surface area (Å²) in [5, 5.41) is 0.460. The van der Waals surface area contributed by atoms with Crippen LogP contribution in [0.2, 0.25) is 0 Å². The number of benzene rings is 1. The van der Waals surface area contributed by atoms with Gasteiger partial charge in [0.15, 0.2) is 0 Å². The quantitative estimate of drug-likeness (QED) is 0.277. The second-order valence-electron chi connectivity index (χ2n) is 4.00. The minimum Gasteiger partial charge on any atom is -0.284 e. The largest absolute Gasteiger partial charge is 0.284 e. The molecule has 7 heteroatoms. The summed E-state index contributed by atoms with van der Waals surface area (Å²) in [6.07, 6.45) is 5.26. The Labute approximate surface area is 153 Å². The third kappa shape index (κ3) is 5.97. The van der Waals surface area contributed by atoms with Crippen molar-refractivity contribution in [1.82, 2.24) is 19.5 Å². The number of hydrogen-bond acceptors (Lipinski definition) is 6. The fraction of sp³-hybridized carbons (Fsp3) is 0.278. The summed E-state index contributed by atoms with van der Waals surface area (Å²) in [6, 6.07) is 11.7. The molecule has 25 heavy (non-hydrogen) atoms. The van der Waals surface area contributed by atoms with E-state index >= 15 is 0 Å². The fourth-order valence-corrected chi connectivity index (χ4v) is 2.22.